The van der Waals surface area contributed by atoms with Crippen LogP contribution in [-0.4, -0.2) is 64.4 Å². The van der Waals surface area contributed by atoms with Crippen molar-refractivity contribution >= 4 is 22.4 Å². The Kier molecular flexibility index (Phi) is 7.04. The number of ketones is 1. The average molecular weight is 375 g/mol. The Morgan fingerprint density at radius 2 is 2.23 bits per heavy atom. The van der Waals surface area contributed by atoms with Gasteiger partial charge in [0.2, 0.25) is 5.13 Å². The number of morpholine rings is 1. The zero-order chi connectivity index (χ0) is 18.2. The van der Waals surface area contributed by atoms with E-state index in [0.29, 0.717) is 12.2 Å². The summed E-state index contributed by atoms with van der Waals surface area (Å²) < 4.78 is 9.75. The Labute approximate surface area is 158 Å². The first-order chi connectivity index (χ1) is 12.7. The molecule has 1 aliphatic heterocycles. The molecular formula is C18H25N5O2S. The highest BCUT2D eigenvalue weighted by Gasteiger charge is 2.16. The van der Waals surface area contributed by atoms with Gasteiger partial charge in [0, 0.05) is 56.6 Å². The largest absolute Gasteiger partial charge is 0.379 e. The molecule has 0 aromatic carbocycles. The Morgan fingerprint density at radius 1 is 1.38 bits per heavy atom. The van der Waals surface area contributed by atoms with Crippen LogP contribution in [0.4, 0.5) is 5.13 Å². The maximum Gasteiger partial charge on any atom is 0.205 e. The molecule has 3 heterocycles. The molecule has 1 aliphatic rings. The number of hydrogen-bond acceptors (Lipinski definition) is 8. The highest BCUT2D eigenvalue weighted by Crippen LogP contribution is 2.20. The Bertz CT molecular complexity index is 688. The molecule has 140 valence electrons. The van der Waals surface area contributed by atoms with Crippen molar-refractivity contribution in [2.75, 3.05) is 44.3 Å². The third-order valence-electron chi connectivity index (χ3n) is 4.24. The van der Waals surface area contributed by atoms with Crippen LogP contribution in [-0.2, 0) is 22.5 Å². The molecule has 2 aromatic heterocycles. The number of pyridine rings is 1. The van der Waals surface area contributed by atoms with Crippen LogP contribution in [0.1, 0.15) is 24.7 Å². The summed E-state index contributed by atoms with van der Waals surface area (Å²) >= 11 is 1.36. The second-order valence-electron chi connectivity index (χ2n) is 6.46. The molecule has 0 atom stereocenters. The predicted molar refractivity (Wildman–Crippen MR) is 101 cm³/mol. The Hall–Kier alpha value is -1.90. The smallest absolute Gasteiger partial charge is 0.205 e. The lowest BCUT2D eigenvalue weighted by Gasteiger charge is -2.28. The summed E-state index contributed by atoms with van der Waals surface area (Å²) in [5.41, 5.74) is 1.14. The van der Waals surface area contributed by atoms with E-state index in [9.17, 15) is 4.79 Å². The van der Waals surface area contributed by atoms with E-state index < -0.39 is 0 Å². The standard InChI is InChI=1S/C18H25N5O2S/c1-15(24)12-17-20-18(26-21-17)23(14-16-4-2-5-19-13-16)7-3-6-22-8-10-25-11-9-22/h2,4-5,13H,3,6-12,14H2,1H3. The number of carbonyl (C=O) groups is 1. The van der Waals surface area contributed by atoms with Crippen molar-refractivity contribution in [2.24, 2.45) is 0 Å². The van der Waals surface area contributed by atoms with Crippen molar-refractivity contribution in [3.8, 4) is 0 Å². The van der Waals surface area contributed by atoms with Gasteiger partial charge < -0.3 is 9.64 Å². The number of anilines is 1. The quantitative estimate of drug-likeness (QED) is 0.662. The van der Waals surface area contributed by atoms with Crippen LogP contribution in [0.5, 0.6) is 0 Å². The molecule has 3 rings (SSSR count). The molecule has 0 aliphatic carbocycles. The van der Waals surface area contributed by atoms with E-state index in [-0.39, 0.29) is 5.78 Å². The van der Waals surface area contributed by atoms with Crippen molar-refractivity contribution in [1.29, 1.82) is 0 Å². The average Bonchev–Trinajstić information content (AvgIpc) is 3.10. The van der Waals surface area contributed by atoms with E-state index in [1.807, 2.05) is 12.3 Å². The van der Waals surface area contributed by atoms with E-state index in [2.05, 4.69) is 30.2 Å². The molecule has 0 N–H and O–H groups in total. The molecule has 0 radical (unpaired) electrons. The molecule has 0 bridgehead atoms. The van der Waals surface area contributed by atoms with Crippen molar-refractivity contribution in [3.05, 3.63) is 35.9 Å². The summed E-state index contributed by atoms with van der Waals surface area (Å²) in [4.78, 5) is 24.8. The molecule has 0 amide bonds. The fraction of sp³-hybridized carbons (Fsp3) is 0.556. The van der Waals surface area contributed by atoms with Crippen LogP contribution in [0, 0.1) is 0 Å². The third-order valence-corrected chi connectivity index (χ3v) is 5.05. The fourth-order valence-electron chi connectivity index (χ4n) is 2.93. The number of nitrogens with zero attached hydrogens (tertiary/aromatic N) is 5. The number of carbonyl (C=O) groups excluding carboxylic acids is 1. The minimum absolute atomic E-state index is 0.0838. The molecule has 7 nitrogen and oxygen atoms in total. The van der Waals surface area contributed by atoms with Gasteiger partial charge in [-0.15, -0.1) is 0 Å². The van der Waals surface area contributed by atoms with Gasteiger partial charge in [-0.2, -0.15) is 4.37 Å². The number of ether oxygens (including phenoxy) is 1. The van der Waals surface area contributed by atoms with Crippen LogP contribution in [0.25, 0.3) is 0 Å². The maximum atomic E-state index is 11.3. The summed E-state index contributed by atoms with van der Waals surface area (Å²) in [6, 6.07) is 4.02. The first kappa shape index (κ1) is 18.9. The second-order valence-corrected chi connectivity index (χ2v) is 7.19. The number of aromatic nitrogens is 3. The molecule has 0 saturated carbocycles. The Morgan fingerprint density at radius 3 is 2.96 bits per heavy atom. The fourth-order valence-corrected chi connectivity index (χ4v) is 3.64. The van der Waals surface area contributed by atoms with Crippen LogP contribution in [0.2, 0.25) is 0 Å². The highest BCUT2D eigenvalue weighted by molar-refractivity contribution is 7.09. The maximum absolute atomic E-state index is 11.3. The lowest BCUT2D eigenvalue weighted by atomic mass is 10.2. The minimum Gasteiger partial charge on any atom is -0.379 e. The van der Waals surface area contributed by atoms with Gasteiger partial charge in [-0.05, 0) is 25.0 Å². The number of rotatable bonds is 9. The van der Waals surface area contributed by atoms with Gasteiger partial charge in [-0.3, -0.25) is 14.7 Å². The van der Waals surface area contributed by atoms with Gasteiger partial charge in [0.1, 0.15) is 5.78 Å². The van der Waals surface area contributed by atoms with Crippen LogP contribution in [0.3, 0.4) is 0 Å². The van der Waals surface area contributed by atoms with Crippen molar-refractivity contribution in [3.63, 3.8) is 0 Å². The first-order valence-electron chi connectivity index (χ1n) is 8.96. The van der Waals surface area contributed by atoms with Gasteiger partial charge in [-0.25, -0.2) is 4.98 Å². The van der Waals surface area contributed by atoms with Crippen molar-refractivity contribution in [2.45, 2.75) is 26.3 Å². The summed E-state index contributed by atoms with van der Waals surface area (Å²) in [7, 11) is 0. The van der Waals surface area contributed by atoms with Crippen LogP contribution in [0.15, 0.2) is 24.5 Å². The summed E-state index contributed by atoms with van der Waals surface area (Å²) in [5, 5.41) is 0.868. The third kappa shape index (κ3) is 5.82. The van der Waals surface area contributed by atoms with Crippen LogP contribution < -0.4 is 4.90 Å². The van der Waals surface area contributed by atoms with Crippen molar-refractivity contribution < 1.29 is 9.53 Å². The SMILES string of the molecule is CC(=O)Cc1nsc(N(CCCN2CCOCC2)Cc2cccnc2)n1. The van der Waals surface area contributed by atoms with Crippen molar-refractivity contribution in [1.82, 2.24) is 19.2 Å². The topological polar surface area (TPSA) is 71.5 Å². The summed E-state index contributed by atoms with van der Waals surface area (Å²) in [6.07, 6.45) is 5.00. The second kappa shape index (κ2) is 9.70. The minimum atomic E-state index is 0.0838. The molecule has 1 saturated heterocycles. The lowest BCUT2D eigenvalue weighted by Crippen LogP contribution is -2.38. The molecule has 2 aromatic rings. The summed E-state index contributed by atoms with van der Waals surface area (Å²) in [5.74, 6) is 0.697. The summed E-state index contributed by atoms with van der Waals surface area (Å²) in [6.45, 7) is 7.90. The van der Waals surface area contributed by atoms with Crippen LogP contribution >= 0.6 is 11.5 Å². The van der Waals surface area contributed by atoms with E-state index >= 15 is 0 Å². The first-order valence-corrected chi connectivity index (χ1v) is 9.74. The zero-order valence-corrected chi connectivity index (χ0v) is 16.0. The Balaban J connectivity index is 1.62. The zero-order valence-electron chi connectivity index (χ0n) is 15.1. The van der Waals surface area contributed by atoms with E-state index in [1.54, 1.807) is 13.1 Å². The number of Topliss-reactive ketones (excluding diaryl/α,β-unsaturated/α-hetero) is 1. The molecule has 0 spiro atoms. The van der Waals surface area contributed by atoms with Gasteiger partial charge in [-0.1, -0.05) is 6.07 Å². The molecule has 8 heteroatoms. The predicted octanol–water partition coefficient (Wildman–Crippen LogP) is 1.79. The number of hydrogen-bond donors (Lipinski definition) is 0. The van der Waals surface area contributed by atoms with Gasteiger partial charge in [0.15, 0.2) is 5.82 Å². The monoisotopic (exact) mass is 375 g/mol. The normalized spacial score (nSPS) is 15.1. The van der Waals surface area contributed by atoms with E-state index in [1.165, 1.54) is 11.5 Å². The van der Waals surface area contributed by atoms with E-state index in [0.717, 1.165) is 63.1 Å². The van der Waals surface area contributed by atoms with Gasteiger partial charge in [0.25, 0.3) is 0 Å². The highest BCUT2D eigenvalue weighted by atomic mass is 32.1. The molecule has 26 heavy (non-hydrogen) atoms. The van der Waals surface area contributed by atoms with E-state index in [4.69, 9.17) is 4.74 Å². The lowest BCUT2D eigenvalue weighted by molar-refractivity contribution is -0.116. The molecule has 0 unspecified atom stereocenters. The van der Waals surface area contributed by atoms with Gasteiger partial charge in [0.05, 0.1) is 19.6 Å². The molecule has 1 fully saturated rings. The molecular weight excluding hydrogens is 350 g/mol. The van der Waals surface area contributed by atoms with Gasteiger partial charge >= 0.3 is 0 Å².